The number of carbonyl (C=O) groups is 2. The van der Waals surface area contributed by atoms with Crippen LogP contribution in [0.25, 0.3) is 0 Å². The van der Waals surface area contributed by atoms with E-state index >= 15 is 0 Å². The number of ether oxygens (including phenoxy) is 1. The molecule has 17 heavy (non-hydrogen) atoms. The molecule has 1 saturated heterocycles. The third-order valence-electron chi connectivity index (χ3n) is 3.59. The number of rotatable bonds is 3. The Bertz CT molecular complexity index is 299. The Balaban J connectivity index is 1.81. The zero-order chi connectivity index (χ0) is 12.3. The molecule has 1 amide bonds. The van der Waals surface area contributed by atoms with E-state index in [9.17, 15) is 9.59 Å². The summed E-state index contributed by atoms with van der Waals surface area (Å²) < 4.78 is 5.30. The quantitative estimate of drug-likeness (QED) is 0.770. The average molecular weight is 241 g/mol. The maximum Gasteiger partial charge on any atom is 0.306 e. The lowest BCUT2D eigenvalue weighted by molar-refractivity contribution is -0.143. The fraction of sp³-hybridized carbons (Fsp3) is 0.833. The van der Waals surface area contributed by atoms with E-state index in [2.05, 4.69) is 5.32 Å². The highest BCUT2D eigenvalue weighted by Crippen LogP contribution is 2.25. The van der Waals surface area contributed by atoms with Crippen molar-refractivity contribution in [3.8, 4) is 0 Å². The van der Waals surface area contributed by atoms with Gasteiger partial charge in [-0.2, -0.15) is 0 Å². The largest absolute Gasteiger partial charge is 0.481 e. The van der Waals surface area contributed by atoms with Crippen molar-refractivity contribution >= 4 is 11.9 Å². The Kier molecular flexibility index (Phi) is 3.99. The predicted molar refractivity (Wildman–Crippen MR) is 60.5 cm³/mol. The van der Waals surface area contributed by atoms with Crippen molar-refractivity contribution < 1.29 is 19.4 Å². The number of carboxylic acid groups (broad SMARTS) is 1. The molecule has 0 radical (unpaired) electrons. The average Bonchev–Trinajstić information content (AvgIpc) is 2.82. The number of nitrogens with one attached hydrogen (secondary N) is 1. The first-order valence-electron chi connectivity index (χ1n) is 6.31. The second kappa shape index (κ2) is 5.49. The molecule has 2 fully saturated rings. The molecule has 0 bridgehead atoms. The molecule has 2 N–H and O–H groups in total. The van der Waals surface area contributed by atoms with E-state index in [4.69, 9.17) is 9.84 Å². The fourth-order valence-electron chi connectivity index (χ4n) is 2.62. The molecule has 96 valence electrons. The summed E-state index contributed by atoms with van der Waals surface area (Å²) in [5.74, 6) is -1.13. The van der Waals surface area contributed by atoms with Crippen LogP contribution < -0.4 is 5.32 Å². The lowest BCUT2D eigenvalue weighted by Crippen LogP contribution is -2.44. The van der Waals surface area contributed by atoms with Crippen molar-refractivity contribution in [2.75, 3.05) is 6.61 Å². The molecule has 5 heteroatoms. The standard InChI is InChI=1S/C12H19NO4/c14-11(10-5-2-6-17-10)13-9-4-1-3-8(7-9)12(15)16/h8-10H,1-7H2,(H,13,14)(H,15,16)/t8?,9?,10-/m1/s1. The Morgan fingerprint density at radius 2 is 2.00 bits per heavy atom. The van der Waals surface area contributed by atoms with Gasteiger partial charge in [-0.25, -0.2) is 0 Å². The van der Waals surface area contributed by atoms with E-state index in [1.165, 1.54) is 0 Å². The minimum atomic E-state index is -0.749. The predicted octanol–water partition coefficient (Wildman–Crippen LogP) is 0.925. The molecule has 5 nitrogen and oxygen atoms in total. The highest BCUT2D eigenvalue weighted by molar-refractivity contribution is 5.81. The van der Waals surface area contributed by atoms with Crippen LogP contribution in [0.4, 0.5) is 0 Å². The van der Waals surface area contributed by atoms with Crippen molar-refractivity contribution in [3.05, 3.63) is 0 Å². The molecular formula is C12H19NO4. The van der Waals surface area contributed by atoms with E-state index < -0.39 is 5.97 Å². The summed E-state index contributed by atoms with van der Waals surface area (Å²) in [5, 5.41) is 11.9. The Morgan fingerprint density at radius 3 is 2.65 bits per heavy atom. The van der Waals surface area contributed by atoms with Crippen LogP contribution in [0.15, 0.2) is 0 Å². The topological polar surface area (TPSA) is 75.6 Å². The molecule has 1 aliphatic heterocycles. The van der Waals surface area contributed by atoms with E-state index in [0.29, 0.717) is 13.0 Å². The molecule has 0 aromatic carbocycles. The van der Waals surface area contributed by atoms with Crippen LogP contribution in [-0.4, -0.2) is 35.7 Å². The van der Waals surface area contributed by atoms with Crippen LogP contribution in [0, 0.1) is 5.92 Å². The number of hydrogen-bond acceptors (Lipinski definition) is 3. The number of amides is 1. The SMILES string of the molecule is O=C(O)C1CCCC(NC(=O)[C@H]2CCCO2)C1. The summed E-state index contributed by atoms with van der Waals surface area (Å²) >= 11 is 0. The van der Waals surface area contributed by atoms with Gasteiger partial charge in [0.25, 0.3) is 0 Å². The molecule has 2 aliphatic rings. The summed E-state index contributed by atoms with van der Waals surface area (Å²) in [6, 6.07) is 0.00144. The van der Waals surface area contributed by atoms with E-state index in [-0.39, 0.29) is 24.0 Å². The molecule has 2 unspecified atom stereocenters. The van der Waals surface area contributed by atoms with Gasteiger partial charge >= 0.3 is 5.97 Å². The second-order valence-electron chi connectivity index (χ2n) is 4.91. The molecule has 0 spiro atoms. The van der Waals surface area contributed by atoms with Gasteiger partial charge in [0, 0.05) is 12.6 Å². The van der Waals surface area contributed by atoms with Crippen LogP contribution in [0.1, 0.15) is 38.5 Å². The lowest BCUT2D eigenvalue weighted by Gasteiger charge is -2.28. The van der Waals surface area contributed by atoms with Gasteiger partial charge in [-0.3, -0.25) is 9.59 Å². The minimum absolute atomic E-state index is 0.00144. The summed E-state index contributed by atoms with van der Waals surface area (Å²) in [5.41, 5.74) is 0. The van der Waals surface area contributed by atoms with Crippen molar-refractivity contribution in [3.63, 3.8) is 0 Å². The Hall–Kier alpha value is -1.10. The zero-order valence-electron chi connectivity index (χ0n) is 9.85. The van der Waals surface area contributed by atoms with Crippen LogP contribution in [0.2, 0.25) is 0 Å². The highest BCUT2D eigenvalue weighted by atomic mass is 16.5. The summed E-state index contributed by atoms with van der Waals surface area (Å²) in [7, 11) is 0. The summed E-state index contributed by atoms with van der Waals surface area (Å²) in [6.45, 7) is 0.653. The molecule has 3 atom stereocenters. The number of hydrogen-bond donors (Lipinski definition) is 2. The van der Waals surface area contributed by atoms with E-state index in [1.807, 2.05) is 0 Å². The number of carboxylic acids is 1. The van der Waals surface area contributed by atoms with Crippen molar-refractivity contribution in [1.82, 2.24) is 5.32 Å². The van der Waals surface area contributed by atoms with Gasteiger partial charge in [-0.05, 0) is 32.1 Å². The molecule has 1 heterocycles. The molecule has 1 aliphatic carbocycles. The lowest BCUT2D eigenvalue weighted by atomic mass is 9.85. The van der Waals surface area contributed by atoms with Crippen LogP contribution in [-0.2, 0) is 14.3 Å². The smallest absolute Gasteiger partial charge is 0.306 e. The Labute approximate surface area is 101 Å². The molecular weight excluding hydrogens is 222 g/mol. The van der Waals surface area contributed by atoms with Crippen molar-refractivity contribution in [2.24, 2.45) is 5.92 Å². The first-order valence-corrected chi connectivity index (χ1v) is 6.31. The zero-order valence-corrected chi connectivity index (χ0v) is 9.85. The van der Waals surface area contributed by atoms with Gasteiger partial charge in [0.1, 0.15) is 6.10 Å². The first-order chi connectivity index (χ1) is 8.16. The van der Waals surface area contributed by atoms with Gasteiger partial charge < -0.3 is 15.2 Å². The monoisotopic (exact) mass is 241 g/mol. The van der Waals surface area contributed by atoms with Gasteiger partial charge in [0.2, 0.25) is 5.91 Å². The third kappa shape index (κ3) is 3.19. The van der Waals surface area contributed by atoms with Gasteiger partial charge in [0.15, 0.2) is 0 Å². The molecule has 0 aromatic rings. The Morgan fingerprint density at radius 1 is 1.18 bits per heavy atom. The van der Waals surface area contributed by atoms with Crippen LogP contribution in [0.5, 0.6) is 0 Å². The van der Waals surface area contributed by atoms with Crippen molar-refractivity contribution in [2.45, 2.75) is 50.7 Å². The van der Waals surface area contributed by atoms with Crippen LogP contribution in [0.3, 0.4) is 0 Å². The summed E-state index contributed by atoms with van der Waals surface area (Å²) in [6.07, 6.45) is 4.41. The van der Waals surface area contributed by atoms with Gasteiger partial charge in [0.05, 0.1) is 5.92 Å². The minimum Gasteiger partial charge on any atom is -0.481 e. The van der Waals surface area contributed by atoms with Crippen LogP contribution >= 0.6 is 0 Å². The van der Waals surface area contributed by atoms with Gasteiger partial charge in [-0.1, -0.05) is 6.42 Å². The third-order valence-corrected chi connectivity index (χ3v) is 3.59. The van der Waals surface area contributed by atoms with E-state index in [1.54, 1.807) is 0 Å². The molecule has 2 rings (SSSR count). The number of carbonyl (C=O) groups excluding carboxylic acids is 1. The molecule has 1 saturated carbocycles. The normalized spacial score (nSPS) is 33.3. The highest BCUT2D eigenvalue weighted by Gasteiger charge is 2.30. The number of aliphatic carboxylic acids is 1. The summed E-state index contributed by atoms with van der Waals surface area (Å²) in [4.78, 5) is 22.7. The van der Waals surface area contributed by atoms with E-state index in [0.717, 1.165) is 32.1 Å². The first kappa shape index (κ1) is 12.4. The molecule has 0 aromatic heterocycles. The van der Waals surface area contributed by atoms with Gasteiger partial charge in [-0.15, -0.1) is 0 Å². The second-order valence-corrected chi connectivity index (χ2v) is 4.91. The van der Waals surface area contributed by atoms with Crippen molar-refractivity contribution in [1.29, 1.82) is 0 Å². The fourth-order valence-corrected chi connectivity index (χ4v) is 2.62. The maximum atomic E-state index is 11.8. The maximum absolute atomic E-state index is 11.8.